The zero-order chi connectivity index (χ0) is 10.1. The maximum Gasteiger partial charge on any atom is 0.128 e. The number of pyridine rings is 1. The molecule has 3 nitrogen and oxygen atoms in total. The van der Waals surface area contributed by atoms with Gasteiger partial charge in [0.25, 0.3) is 0 Å². The normalized spacial score (nSPS) is 30.3. The Hall–Kier alpha value is -1.09. The molecule has 1 N–H and O–H groups in total. The van der Waals surface area contributed by atoms with E-state index in [1.807, 2.05) is 12.3 Å². The third-order valence-corrected chi connectivity index (χ3v) is 3.57. The lowest BCUT2D eigenvalue weighted by Gasteiger charge is -2.38. The second-order valence-electron chi connectivity index (χ2n) is 4.44. The monoisotopic (exact) mass is 203 g/mol. The van der Waals surface area contributed by atoms with Crippen LogP contribution < -0.4 is 10.2 Å². The maximum absolute atomic E-state index is 4.46. The van der Waals surface area contributed by atoms with E-state index in [1.165, 1.54) is 32.4 Å². The highest BCUT2D eigenvalue weighted by atomic mass is 15.3. The molecular formula is C12H17N3. The van der Waals surface area contributed by atoms with Crippen LogP contribution in [0.1, 0.15) is 19.3 Å². The quantitative estimate of drug-likeness (QED) is 0.748. The molecule has 2 unspecified atom stereocenters. The van der Waals surface area contributed by atoms with Crippen LogP contribution in [0.3, 0.4) is 0 Å². The summed E-state index contributed by atoms with van der Waals surface area (Å²) in [7, 11) is 0. The third-order valence-electron chi connectivity index (χ3n) is 3.57. The molecule has 3 heteroatoms. The molecule has 3 rings (SSSR count). The fraction of sp³-hybridized carbons (Fsp3) is 0.583. The summed E-state index contributed by atoms with van der Waals surface area (Å²) in [6.07, 6.45) is 5.77. The van der Waals surface area contributed by atoms with Crippen LogP contribution >= 0.6 is 0 Å². The molecular weight excluding hydrogens is 186 g/mol. The van der Waals surface area contributed by atoms with Crippen molar-refractivity contribution < 1.29 is 0 Å². The van der Waals surface area contributed by atoms with E-state index >= 15 is 0 Å². The topological polar surface area (TPSA) is 28.2 Å². The molecule has 1 aromatic heterocycles. The Morgan fingerprint density at radius 1 is 1.33 bits per heavy atom. The molecule has 0 bridgehead atoms. The first-order chi connectivity index (χ1) is 7.45. The Labute approximate surface area is 90.5 Å². The summed E-state index contributed by atoms with van der Waals surface area (Å²) in [6, 6.07) is 7.56. The minimum atomic E-state index is 0.675. The van der Waals surface area contributed by atoms with Crippen LogP contribution in [0.25, 0.3) is 0 Å². The van der Waals surface area contributed by atoms with E-state index in [1.54, 1.807) is 0 Å². The highest BCUT2D eigenvalue weighted by Gasteiger charge is 2.35. The van der Waals surface area contributed by atoms with Gasteiger partial charge in [-0.05, 0) is 37.9 Å². The average Bonchev–Trinajstić information content (AvgIpc) is 2.78. The summed E-state index contributed by atoms with van der Waals surface area (Å²) in [5, 5.41) is 3.59. The number of aromatic nitrogens is 1. The standard InChI is InChI=1S/C12H17N3/c1-2-7-14-12(5-1)15-9-3-4-10-11(15)6-8-13-10/h1-2,5,7,10-11,13H,3-4,6,8-9H2. The third kappa shape index (κ3) is 1.61. The van der Waals surface area contributed by atoms with Crippen molar-refractivity contribution >= 4 is 5.82 Å². The first kappa shape index (κ1) is 9.16. The van der Waals surface area contributed by atoms with E-state index in [-0.39, 0.29) is 0 Å². The van der Waals surface area contributed by atoms with Gasteiger partial charge in [0, 0.05) is 24.8 Å². The Morgan fingerprint density at radius 2 is 2.33 bits per heavy atom. The van der Waals surface area contributed by atoms with Gasteiger partial charge in [-0.1, -0.05) is 6.07 Å². The first-order valence-electron chi connectivity index (χ1n) is 5.86. The highest BCUT2D eigenvalue weighted by molar-refractivity contribution is 5.41. The predicted octanol–water partition coefficient (Wildman–Crippen LogP) is 1.41. The lowest BCUT2D eigenvalue weighted by Crippen LogP contribution is -2.48. The number of hydrogen-bond acceptors (Lipinski definition) is 3. The van der Waals surface area contributed by atoms with Gasteiger partial charge in [-0.2, -0.15) is 0 Å². The summed E-state index contributed by atoms with van der Waals surface area (Å²) in [6.45, 7) is 2.33. The summed E-state index contributed by atoms with van der Waals surface area (Å²) >= 11 is 0. The van der Waals surface area contributed by atoms with Crippen LogP contribution in [0.2, 0.25) is 0 Å². The molecule has 0 saturated carbocycles. The van der Waals surface area contributed by atoms with Gasteiger partial charge in [0.15, 0.2) is 0 Å². The number of piperidine rings is 1. The van der Waals surface area contributed by atoms with Crippen LogP contribution in [0, 0.1) is 0 Å². The number of hydrogen-bond donors (Lipinski definition) is 1. The molecule has 2 fully saturated rings. The Balaban J connectivity index is 1.85. The molecule has 80 valence electrons. The summed E-state index contributed by atoms with van der Waals surface area (Å²) < 4.78 is 0. The van der Waals surface area contributed by atoms with E-state index in [0.717, 1.165) is 5.82 Å². The molecule has 0 aliphatic carbocycles. The number of nitrogens with zero attached hydrogens (tertiary/aromatic N) is 2. The van der Waals surface area contributed by atoms with Crippen molar-refractivity contribution in [1.29, 1.82) is 0 Å². The molecule has 2 saturated heterocycles. The lowest BCUT2D eigenvalue weighted by atomic mass is 9.97. The van der Waals surface area contributed by atoms with Crippen molar-refractivity contribution in [3.8, 4) is 0 Å². The van der Waals surface area contributed by atoms with E-state index in [9.17, 15) is 0 Å². The van der Waals surface area contributed by atoms with Gasteiger partial charge in [-0.15, -0.1) is 0 Å². The first-order valence-corrected chi connectivity index (χ1v) is 5.86. The number of nitrogens with one attached hydrogen (secondary N) is 1. The summed E-state index contributed by atoms with van der Waals surface area (Å²) in [5.74, 6) is 1.15. The number of rotatable bonds is 1. The van der Waals surface area contributed by atoms with Gasteiger partial charge < -0.3 is 10.2 Å². The molecule has 15 heavy (non-hydrogen) atoms. The Bertz CT molecular complexity index is 325. The Kier molecular flexibility index (Phi) is 2.33. The molecule has 0 spiro atoms. The fourth-order valence-corrected chi connectivity index (χ4v) is 2.88. The van der Waals surface area contributed by atoms with Crippen molar-refractivity contribution in [2.75, 3.05) is 18.0 Å². The van der Waals surface area contributed by atoms with Crippen molar-refractivity contribution in [2.24, 2.45) is 0 Å². The molecule has 3 heterocycles. The maximum atomic E-state index is 4.46. The minimum absolute atomic E-state index is 0.675. The lowest BCUT2D eigenvalue weighted by molar-refractivity contribution is 0.410. The van der Waals surface area contributed by atoms with Crippen LogP contribution in [-0.4, -0.2) is 30.2 Å². The predicted molar refractivity (Wildman–Crippen MR) is 61.0 cm³/mol. The van der Waals surface area contributed by atoms with Gasteiger partial charge in [-0.25, -0.2) is 4.98 Å². The van der Waals surface area contributed by atoms with Crippen LogP contribution in [0.15, 0.2) is 24.4 Å². The zero-order valence-electron chi connectivity index (χ0n) is 8.89. The van der Waals surface area contributed by atoms with Gasteiger partial charge in [0.2, 0.25) is 0 Å². The fourth-order valence-electron chi connectivity index (χ4n) is 2.88. The second kappa shape index (κ2) is 3.81. The molecule has 0 aromatic carbocycles. The van der Waals surface area contributed by atoms with Crippen molar-refractivity contribution in [1.82, 2.24) is 10.3 Å². The molecule has 2 aliphatic heterocycles. The van der Waals surface area contributed by atoms with E-state index < -0.39 is 0 Å². The van der Waals surface area contributed by atoms with Crippen LogP contribution in [0.4, 0.5) is 5.82 Å². The summed E-state index contributed by atoms with van der Waals surface area (Å²) in [4.78, 5) is 6.94. The molecule has 1 aromatic rings. The molecule has 0 amide bonds. The molecule has 0 radical (unpaired) electrons. The minimum Gasteiger partial charge on any atom is -0.352 e. The average molecular weight is 203 g/mol. The smallest absolute Gasteiger partial charge is 0.128 e. The van der Waals surface area contributed by atoms with Crippen LogP contribution in [0.5, 0.6) is 0 Å². The van der Waals surface area contributed by atoms with Gasteiger partial charge in [-0.3, -0.25) is 0 Å². The number of anilines is 1. The summed E-state index contributed by atoms with van der Waals surface area (Å²) in [5.41, 5.74) is 0. The molecule has 2 atom stereocenters. The van der Waals surface area contributed by atoms with E-state index in [0.29, 0.717) is 12.1 Å². The van der Waals surface area contributed by atoms with Crippen LogP contribution in [-0.2, 0) is 0 Å². The number of fused-ring (bicyclic) bond motifs is 1. The zero-order valence-corrected chi connectivity index (χ0v) is 8.89. The van der Waals surface area contributed by atoms with E-state index in [2.05, 4.69) is 27.3 Å². The van der Waals surface area contributed by atoms with Gasteiger partial charge in [0.1, 0.15) is 5.82 Å². The van der Waals surface area contributed by atoms with Gasteiger partial charge in [0.05, 0.1) is 0 Å². The van der Waals surface area contributed by atoms with E-state index in [4.69, 9.17) is 0 Å². The van der Waals surface area contributed by atoms with Gasteiger partial charge >= 0.3 is 0 Å². The SMILES string of the molecule is c1ccc(N2CCCC3NCCC32)nc1. The molecule has 2 aliphatic rings. The van der Waals surface area contributed by atoms with Crippen molar-refractivity contribution in [3.63, 3.8) is 0 Å². The Morgan fingerprint density at radius 3 is 3.20 bits per heavy atom. The second-order valence-corrected chi connectivity index (χ2v) is 4.44. The van der Waals surface area contributed by atoms with Crippen molar-refractivity contribution in [2.45, 2.75) is 31.3 Å². The largest absolute Gasteiger partial charge is 0.352 e. The van der Waals surface area contributed by atoms with Crippen molar-refractivity contribution in [3.05, 3.63) is 24.4 Å². The highest BCUT2D eigenvalue weighted by Crippen LogP contribution is 2.27.